The summed E-state index contributed by atoms with van der Waals surface area (Å²) in [4.78, 5) is 24.7. The Bertz CT molecular complexity index is 1030. The van der Waals surface area contributed by atoms with Crippen LogP contribution in [0.25, 0.3) is 0 Å². The molecule has 2 rings (SSSR count). The van der Waals surface area contributed by atoms with Gasteiger partial charge >= 0.3 is 12.1 Å². The lowest BCUT2D eigenvalue weighted by molar-refractivity contribution is -0.167. The van der Waals surface area contributed by atoms with Crippen molar-refractivity contribution in [3.8, 4) is 5.75 Å². The van der Waals surface area contributed by atoms with E-state index in [4.69, 9.17) is 14.2 Å². The van der Waals surface area contributed by atoms with Gasteiger partial charge in [-0.05, 0) is 52.3 Å². The van der Waals surface area contributed by atoms with E-state index in [1.807, 2.05) is 0 Å². The van der Waals surface area contributed by atoms with Gasteiger partial charge in [0.1, 0.15) is 16.9 Å². The Morgan fingerprint density at radius 3 is 2.29 bits per heavy atom. The Labute approximate surface area is 196 Å². The molecule has 0 aliphatic rings. The highest BCUT2D eigenvalue weighted by atomic mass is 19.4. The predicted octanol–water partition coefficient (Wildman–Crippen LogP) is 3.87. The minimum Gasteiger partial charge on any atom is -0.497 e. The summed E-state index contributed by atoms with van der Waals surface area (Å²) in [6, 6.07) is 5.89. The third-order valence-corrected chi connectivity index (χ3v) is 4.56. The van der Waals surface area contributed by atoms with Gasteiger partial charge in [-0.2, -0.15) is 18.3 Å². The van der Waals surface area contributed by atoms with E-state index in [2.05, 4.69) is 10.4 Å². The monoisotopic (exact) mass is 485 g/mol. The van der Waals surface area contributed by atoms with Gasteiger partial charge in [-0.15, -0.1) is 0 Å². The van der Waals surface area contributed by atoms with Gasteiger partial charge in [0.25, 0.3) is 5.56 Å². The van der Waals surface area contributed by atoms with Crippen molar-refractivity contribution in [3.63, 3.8) is 0 Å². The smallest absolute Gasteiger partial charge is 0.423 e. The lowest BCUT2D eigenvalue weighted by atomic mass is 10.2. The van der Waals surface area contributed by atoms with Crippen molar-refractivity contribution in [1.82, 2.24) is 9.78 Å². The second kappa shape index (κ2) is 10.9. The molecule has 34 heavy (non-hydrogen) atoms. The Balaban J connectivity index is 2.16. The van der Waals surface area contributed by atoms with Crippen LogP contribution in [-0.4, -0.2) is 47.2 Å². The summed E-state index contributed by atoms with van der Waals surface area (Å²) >= 11 is 0. The standard InChI is InChI=1S/C23H30F3N3O5/c1-14(13-33-15(2)21(31)34-22(3,4)5)28-18-11-27-29(20(30)19(18)23(24,25)26)12-16-7-9-17(32-6)10-8-16/h7-11,14-15,28H,12-13H2,1-6H3. The number of carbonyl (C=O) groups is 1. The van der Waals surface area contributed by atoms with Crippen molar-refractivity contribution in [3.05, 3.63) is 51.9 Å². The van der Waals surface area contributed by atoms with Crippen LogP contribution in [0.2, 0.25) is 0 Å². The van der Waals surface area contributed by atoms with Crippen LogP contribution in [0.15, 0.2) is 35.3 Å². The number of nitrogens with zero attached hydrogens (tertiary/aromatic N) is 2. The SMILES string of the molecule is COc1ccc(Cn2ncc(NC(C)COC(C)C(=O)OC(C)(C)C)c(C(F)(F)F)c2=O)cc1. The maximum absolute atomic E-state index is 13.8. The van der Waals surface area contributed by atoms with Gasteiger partial charge < -0.3 is 19.5 Å². The number of methoxy groups -OCH3 is 1. The van der Waals surface area contributed by atoms with Gasteiger partial charge in [-0.1, -0.05) is 12.1 Å². The first kappa shape index (κ1) is 27.2. The van der Waals surface area contributed by atoms with Crippen molar-refractivity contribution >= 4 is 11.7 Å². The van der Waals surface area contributed by atoms with E-state index >= 15 is 0 Å². The summed E-state index contributed by atoms with van der Waals surface area (Å²) in [6.45, 7) is 7.94. The number of anilines is 1. The average molecular weight is 486 g/mol. The van der Waals surface area contributed by atoms with Crippen LogP contribution in [0.1, 0.15) is 45.7 Å². The molecule has 2 atom stereocenters. The van der Waals surface area contributed by atoms with Gasteiger partial charge in [-0.25, -0.2) is 9.48 Å². The van der Waals surface area contributed by atoms with Crippen LogP contribution in [0.3, 0.4) is 0 Å². The largest absolute Gasteiger partial charge is 0.497 e. The molecule has 0 spiro atoms. The number of carbonyl (C=O) groups excluding carboxylic acids is 1. The summed E-state index contributed by atoms with van der Waals surface area (Å²) in [5, 5.41) is 6.52. The Hall–Kier alpha value is -3.08. The molecule has 188 valence electrons. The molecular weight excluding hydrogens is 455 g/mol. The third kappa shape index (κ3) is 7.75. The van der Waals surface area contributed by atoms with Gasteiger partial charge in [0.15, 0.2) is 6.10 Å². The van der Waals surface area contributed by atoms with Crippen molar-refractivity contribution in [1.29, 1.82) is 0 Å². The molecule has 0 fully saturated rings. The fourth-order valence-corrected chi connectivity index (χ4v) is 2.94. The Morgan fingerprint density at radius 1 is 1.15 bits per heavy atom. The molecule has 11 heteroatoms. The Kier molecular flexibility index (Phi) is 8.71. The lowest BCUT2D eigenvalue weighted by Gasteiger charge is -2.24. The number of alkyl halides is 3. The van der Waals surface area contributed by atoms with Crippen LogP contribution in [-0.2, 0) is 27.0 Å². The molecule has 0 saturated heterocycles. The van der Waals surface area contributed by atoms with Gasteiger partial charge in [0.2, 0.25) is 0 Å². The topological polar surface area (TPSA) is 91.7 Å². The number of halogens is 3. The summed E-state index contributed by atoms with van der Waals surface area (Å²) in [5.74, 6) is -0.00439. The molecule has 8 nitrogen and oxygen atoms in total. The first-order valence-corrected chi connectivity index (χ1v) is 10.6. The summed E-state index contributed by atoms with van der Waals surface area (Å²) < 4.78 is 57.7. The number of nitrogens with one attached hydrogen (secondary N) is 1. The number of ether oxygens (including phenoxy) is 3. The van der Waals surface area contributed by atoms with Crippen molar-refractivity contribution in [2.75, 3.05) is 19.0 Å². The van der Waals surface area contributed by atoms with Crippen LogP contribution < -0.4 is 15.6 Å². The van der Waals surface area contributed by atoms with Gasteiger partial charge in [-0.3, -0.25) is 4.79 Å². The van der Waals surface area contributed by atoms with Crippen LogP contribution in [0.5, 0.6) is 5.75 Å². The van der Waals surface area contributed by atoms with Crippen LogP contribution in [0, 0.1) is 0 Å². The van der Waals surface area contributed by atoms with Crippen molar-refractivity contribution in [2.24, 2.45) is 0 Å². The maximum Gasteiger partial charge on any atom is 0.423 e. The number of benzene rings is 1. The zero-order chi connectivity index (χ0) is 25.7. The molecule has 0 radical (unpaired) electrons. The highest BCUT2D eigenvalue weighted by molar-refractivity contribution is 5.74. The van der Waals surface area contributed by atoms with E-state index in [-0.39, 0.29) is 13.2 Å². The van der Waals surface area contributed by atoms with E-state index in [9.17, 15) is 22.8 Å². The molecular formula is C23H30F3N3O5. The number of hydrogen-bond donors (Lipinski definition) is 1. The number of rotatable bonds is 9. The normalized spacial score (nSPS) is 13.8. The fourth-order valence-electron chi connectivity index (χ4n) is 2.94. The molecule has 1 heterocycles. The first-order valence-electron chi connectivity index (χ1n) is 10.6. The zero-order valence-corrected chi connectivity index (χ0v) is 20.0. The van der Waals surface area contributed by atoms with Gasteiger partial charge in [0.05, 0.1) is 32.1 Å². The fraction of sp³-hybridized carbons (Fsp3) is 0.522. The molecule has 0 amide bonds. The lowest BCUT2D eigenvalue weighted by Crippen LogP contribution is -2.36. The Morgan fingerprint density at radius 2 is 1.76 bits per heavy atom. The molecule has 0 aliphatic heterocycles. The van der Waals surface area contributed by atoms with E-state index in [0.29, 0.717) is 11.3 Å². The van der Waals surface area contributed by atoms with Crippen molar-refractivity contribution < 1.29 is 32.2 Å². The number of hydrogen-bond acceptors (Lipinski definition) is 7. The third-order valence-electron chi connectivity index (χ3n) is 4.56. The number of esters is 1. The molecule has 1 aromatic carbocycles. The summed E-state index contributed by atoms with van der Waals surface area (Å²) in [7, 11) is 1.49. The van der Waals surface area contributed by atoms with Crippen LogP contribution in [0.4, 0.5) is 18.9 Å². The minimum absolute atomic E-state index is 0.105. The zero-order valence-electron chi connectivity index (χ0n) is 20.0. The predicted molar refractivity (Wildman–Crippen MR) is 120 cm³/mol. The second-order valence-electron chi connectivity index (χ2n) is 8.80. The molecule has 1 aromatic heterocycles. The van der Waals surface area contributed by atoms with E-state index in [1.165, 1.54) is 14.0 Å². The summed E-state index contributed by atoms with van der Waals surface area (Å²) in [6.07, 6.45) is -4.86. The maximum atomic E-state index is 13.8. The summed E-state index contributed by atoms with van der Waals surface area (Å²) in [5.41, 5.74) is -3.21. The molecule has 2 unspecified atom stereocenters. The minimum atomic E-state index is -4.91. The highest BCUT2D eigenvalue weighted by Gasteiger charge is 2.38. The molecule has 0 bridgehead atoms. The van der Waals surface area contributed by atoms with E-state index in [0.717, 1.165) is 10.9 Å². The average Bonchev–Trinajstić information content (AvgIpc) is 2.72. The number of aromatic nitrogens is 2. The second-order valence-corrected chi connectivity index (χ2v) is 8.80. The van der Waals surface area contributed by atoms with Crippen molar-refractivity contribution in [2.45, 2.75) is 65.1 Å². The highest BCUT2D eigenvalue weighted by Crippen LogP contribution is 2.32. The molecule has 0 aliphatic carbocycles. The molecule has 1 N–H and O–H groups in total. The van der Waals surface area contributed by atoms with E-state index in [1.54, 1.807) is 52.0 Å². The molecule has 0 saturated carbocycles. The quantitative estimate of drug-likeness (QED) is 0.539. The molecule has 2 aromatic rings. The van der Waals surface area contributed by atoms with E-state index < -0.39 is 46.7 Å². The van der Waals surface area contributed by atoms with Crippen LogP contribution >= 0.6 is 0 Å². The first-order chi connectivity index (χ1) is 15.7. The van der Waals surface area contributed by atoms with Gasteiger partial charge in [0, 0.05) is 6.04 Å².